The van der Waals surface area contributed by atoms with Crippen LogP contribution < -0.4 is 10.5 Å². The molecule has 3 aromatic heterocycles. The first-order valence-corrected chi connectivity index (χ1v) is 11.0. The van der Waals surface area contributed by atoms with Crippen LogP contribution in [0, 0.1) is 0 Å². The third kappa shape index (κ3) is 3.83. The van der Waals surface area contributed by atoms with Crippen LogP contribution in [-0.2, 0) is 0 Å². The van der Waals surface area contributed by atoms with Gasteiger partial charge in [-0.05, 0) is 50.2 Å². The van der Waals surface area contributed by atoms with E-state index in [-0.39, 0.29) is 18.2 Å². The molecule has 186 valence electrons. The lowest BCUT2D eigenvalue weighted by Crippen LogP contribution is -2.45. The van der Waals surface area contributed by atoms with Crippen molar-refractivity contribution < 1.29 is 22.3 Å². The minimum atomic E-state index is -3.02. The molecule has 35 heavy (non-hydrogen) atoms. The van der Waals surface area contributed by atoms with Crippen molar-refractivity contribution in [3.05, 3.63) is 30.0 Å². The second-order valence-corrected chi connectivity index (χ2v) is 8.88. The minimum absolute atomic E-state index is 0.0823. The van der Waals surface area contributed by atoms with E-state index in [0.717, 1.165) is 4.68 Å². The van der Waals surface area contributed by atoms with E-state index in [1.807, 2.05) is 0 Å². The lowest BCUT2D eigenvalue weighted by Gasteiger charge is -2.36. The highest BCUT2D eigenvalue weighted by Crippen LogP contribution is 2.47. The van der Waals surface area contributed by atoms with E-state index in [9.17, 15) is 8.78 Å². The first kappa shape index (κ1) is 23.3. The zero-order valence-electron chi connectivity index (χ0n) is 19.3. The Morgan fingerprint density at radius 1 is 1.26 bits per heavy atom. The maximum absolute atomic E-state index is 15.3. The normalized spacial score (nSPS) is 19.6. The first-order chi connectivity index (χ1) is 16.6. The van der Waals surface area contributed by atoms with Gasteiger partial charge in [-0.25, -0.2) is 26.8 Å². The molecule has 2 atom stereocenters. The number of methoxy groups -OCH3 is 1. The van der Waals surface area contributed by atoms with E-state index in [2.05, 4.69) is 20.4 Å². The molecule has 0 amide bonds. The van der Waals surface area contributed by atoms with Gasteiger partial charge in [-0.1, -0.05) is 11.3 Å². The summed E-state index contributed by atoms with van der Waals surface area (Å²) in [6, 6.07) is 3.71. The number of hydrogen-bond acceptors (Lipinski definition) is 7. The standard InChI is InChI=1S/C22H24F4N8O/c1-11(19(23)24)34-16-8-12(4-5-15(16)29-31-34)17-13(14-6-7-32(2)10-22(14,25)26)9-33-18(17)20(35-3)28-21(27)30-33/h4-5,8-9,11,14,19H,6-7,10H2,1-3H3,(H2,27,30)/t11-,14+/m0/s1. The summed E-state index contributed by atoms with van der Waals surface area (Å²) >= 11 is 0. The Morgan fingerprint density at radius 3 is 2.71 bits per heavy atom. The van der Waals surface area contributed by atoms with Crippen LogP contribution in [0.2, 0.25) is 0 Å². The number of ether oxygens (including phenoxy) is 1. The molecule has 1 aliphatic rings. The molecular formula is C22H24F4N8O. The average molecular weight is 492 g/mol. The SMILES string of the molecule is COc1nc(N)nn2cc([C@H]3CCN(C)CC3(F)F)c(-c3ccc4nnn([C@@H](C)C(F)F)c4c3)c12. The summed E-state index contributed by atoms with van der Waals surface area (Å²) in [5.41, 5.74) is 8.21. The van der Waals surface area contributed by atoms with Crippen molar-refractivity contribution in [2.24, 2.45) is 0 Å². The zero-order chi connectivity index (χ0) is 25.1. The smallest absolute Gasteiger partial charge is 0.267 e. The van der Waals surface area contributed by atoms with Gasteiger partial charge < -0.3 is 15.4 Å². The van der Waals surface area contributed by atoms with Gasteiger partial charge in [0.1, 0.15) is 17.1 Å². The molecule has 1 aliphatic heterocycles. The number of nitrogen functional groups attached to an aromatic ring is 1. The topological polar surface area (TPSA) is 99.4 Å². The van der Waals surface area contributed by atoms with E-state index >= 15 is 8.78 Å². The maximum atomic E-state index is 15.3. The molecule has 9 nitrogen and oxygen atoms in total. The van der Waals surface area contributed by atoms with Crippen molar-refractivity contribution >= 4 is 22.5 Å². The Hall–Kier alpha value is -3.48. The molecule has 13 heteroatoms. The number of piperidine rings is 1. The van der Waals surface area contributed by atoms with Crippen molar-refractivity contribution in [1.82, 2.24) is 34.5 Å². The molecule has 1 aromatic carbocycles. The summed E-state index contributed by atoms with van der Waals surface area (Å²) in [5.74, 6) is -4.10. The number of benzene rings is 1. The molecule has 0 radical (unpaired) electrons. The second kappa shape index (κ2) is 8.33. The number of halogens is 4. The van der Waals surface area contributed by atoms with Crippen molar-refractivity contribution in [1.29, 1.82) is 0 Å². The third-order valence-electron chi connectivity index (χ3n) is 6.51. The molecule has 4 aromatic rings. The van der Waals surface area contributed by atoms with Crippen LogP contribution in [0.3, 0.4) is 0 Å². The summed E-state index contributed by atoms with van der Waals surface area (Å²) in [4.78, 5) is 5.72. The third-order valence-corrected chi connectivity index (χ3v) is 6.51. The Labute approximate surface area is 197 Å². The molecule has 0 bridgehead atoms. The van der Waals surface area contributed by atoms with Crippen LogP contribution in [-0.4, -0.2) is 74.1 Å². The minimum Gasteiger partial charge on any atom is -0.479 e. The average Bonchev–Trinajstić information content (AvgIpc) is 3.38. The van der Waals surface area contributed by atoms with Gasteiger partial charge in [0, 0.05) is 11.8 Å². The highest BCUT2D eigenvalue weighted by atomic mass is 19.3. The van der Waals surface area contributed by atoms with E-state index in [4.69, 9.17) is 10.5 Å². The summed E-state index contributed by atoms with van der Waals surface area (Å²) in [5, 5.41) is 12.0. The van der Waals surface area contributed by atoms with Crippen LogP contribution in [0.4, 0.5) is 23.5 Å². The number of anilines is 1. The quantitative estimate of drug-likeness (QED) is 0.425. The number of alkyl halides is 4. The van der Waals surface area contributed by atoms with Gasteiger partial charge in [-0.2, -0.15) is 4.98 Å². The van der Waals surface area contributed by atoms with Crippen LogP contribution in [0.5, 0.6) is 5.88 Å². The van der Waals surface area contributed by atoms with Gasteiger partial charge in [0.05, 0.1) is 25.1 Å². The molecule has 4 heterocycles. The molecule has 0 saturated carbocycles. The summed E-state index contributed by atoms with van der Waals surface area (Å²) in [6.07, 6.45) is -0.928. The number of fused-ring (bicyclic) bond motifs is 2. The monoisotopic (exact) mass is 492 g/mol. The Balaban J connectivity index is 1.79. The number of rotatable bonds is 5. The molecule has 0 spiro atoms. The van der Waals surface area contributed by atoms with Crippen molar-refractivity contribution in [3.63, 3.8) is 0 Å². The molecule has 5 rings (SSSR count). The number of likely N-dealkylation sites (tertiary alicyclic amines) is 1. The molecule has 1 fully saturated rings. The Bertz CT molecular complexity index is 1400. The largest absolute Gasteiger partial charge is 0.479 e. The molecule has 1 saturated heterocycles. The van der Waals surface area contributed by atoms with Crippen LogP contribution in [0.15, 0.2) is 24.4 Å². The predicted molar refractivity (Wildman–Crippen MR) is 121 cm³/mol. The lowest BCUT2D eigenvalue weighted by atomic mass is 9.84. The lowest BCUT2D eigenvalue weighted by molar-refractivity contribution is -0.0764. The van der Waals surface area contributed by atoms with Gasteiger partial charge in [0.2, 0.25) is 11.8 Å². The molecule has 0 unspecified atom stereocenters. The number of hydrogen-bond donors (Lipinski definition) is 1. The molecule has 0 aliphatic carbocycles. The Morgan fingerprint density at radius 2 is 2.03 bits per heavy atom. The Kier molecular flexibility index (Phi) is 5.54. The van der Waals surface area contributed by atoms with Gasteiger partial charge in [-0.15, -0.1) is 10.2 Å². The van der Waals surface area contributed by atoms with E-state index in [0.29, 0.717) is 39.8 Å². The zero-order valence-corrected chi connectivity index (χ0v) is 19.3. The van der Waals surface area contributed by atoms with Crippen LogP contribution in [0.1, 0.15) is 30.9 Å². The summed E-state index contributed by atoms with van der Waals surface area (Å²) in [7, 11) is 3.05. The highest BCUT2D eigenvalue weighted by Gasteiger charge is 2.46. The fourth-order valence-corrected chi connectivity index (χ4v) is 4.79. The van der Waals surface area contributed by atoms with E-state index in [1.54, 1.807) is 30.1 Å². The predicted octanol–water partition coefficient (Wildman–Crippen LogP) is 3.61. The second-order valence-electron chi connectivity index (χ2n) is 8.88. The summed E-state index contributed by atoms with van der Waals surface area (Å²) in [6.45, 7) is 1.43. The van der Waals surface area contributed by atoms with Crippen molar-refractivity contribution in [2.45, 2.75) is 37.7 Å². The van der Waals surface area contributed by atoms with Crippen molar-refractivity contribution in [3.8, 4) is 17.0 Å². The highest BCUT2D eigenvalue weighted by molar-refractivity contribution is 5.91. The van der Waals surface area contributed by atoms with Crippen LogP contribution in [0.25, 0.3) is 27.7 Å². The first-order valence-electron chi connectivity index (χ1n) is 11.0. The van der Waals surface area contributed by atoms with Gasteiger partial charge in [0.15, 0.2) is 0 Å². The number of nitrogens with zero attached hydrogens (tertiary/aromatic N) is 7. The fraction of sp³-hybridized carbons (Fsp3) is 0.455. The summed E-state index contributed by atoms with van der Waals surface area (Å²) < 4.78 is 65.4. The maximum Gasteiger partial charge on any atom is 0.267 e. The number of nitrogens with two attached hydrogens (primary N) is 1. The van der Waals surface area contributed by atoms with Gasteiger partial charge in [0.25, 0.3) is 12.3 Å². The number of aromatic nitrogens is 6. The van der Waals surface area contributed by atoms with E-state index in [1.165, 1.54) is 24.7 Å². The van der Waals surface area contributed by atoms with Crippen LogP contribution >= 0.6 is 0 Å². The fourth-order valence-electron chi connectivity index (χ4n) is 4.79. The molecule has 2 N–H and O–H groups in total. The van der Waals surface area contributed by atoms with Crippen molar-refractivity contribution in [2.75, 3.05) is 33.0 Å². The molecular weight excluding hydrogens is 468 g/mol. The van der Waals surface area contributed by atoms with Gasteiger partial charge in [-0.3, -0.25) is 0 Å². The van der Waals surface area contributed by atoms with Gasteiger partial charge >= 0.3 is 0 Å². The van der Waals surface area contributed by atoms with E-state index < -0.39 is 30.9 Å².